The number of hydrogen-bond acceptors (Lipinski definition) is 3. The van der Waals surface area contributed by atoms with Gasteiger partial charge in [0.25, 0.3) is 0 Å². The molecule has 18 heavy (non-hydrogen) atoms. The van der Waals surface area contributed by atoms with Crippen LogP contribution in [0.3, 0.4) is 0 Å². The van der Waals surface area contributed by atoms with Gasteiger partial charge in [-0.05, 0) is 38.3 Å². The van der Waals surface area contributed by atoms with E-state index >= 15 is 0 Å². The highest BCUT2D eigenvalue weighted by Crippen LogP contribution is 2.23. The summed E-state index contributed by atoms with van der Waals surface area (Å²) < 4.78 is 0. The highest BCUT2D eigenvalue weighted by Gasteiger charge is 2.24. The van der Waals surface area contributed by atoms with E-state index in [1.165, 1.54) is 0 Å². The fourth-order valence-electron chi connectivity index (χ4n) is 2.49. The molecule has 2 rings (SSSR count). The lowest BCUT2D eigenvalue weighted by molar-refractivity contribution is -0.126. The van der Waals surface area contributed by atoms with E-state index in [0.717, 1.165) is 37.1 Å². The minimum atomic E-state index is 0.0820. The van der Waals surface area contributed by atoms with Crippen LogP contribution < -0.4 is 11.1 Å². The van der Waals surface area contributed by atoms with Crippen LogP contribution in [0.1, 0.15) is 37.1 Å². The molecule has 1 amide bonds. The molecule has 0 saturated heterocycles. The summed E-state index contributed by atoms with van der Waals surface area (Å²) in [6.45, 7) is 2.46. The maximum atomic E-state index is 12.0. The zero-order valence-corrected chi connectivity index (χ0v) is 10.9. The van der Waals surface area contributed by atoms with Gasteiger partial charge in [-0.3, -0.25) is 9.78 Å². The number of nitrogens with zero attached hydrogens (tertiary/aromatic N) is 1. The monoisotopic (exact) mass is 247 g/mol. The second-order valence-electron chi connectivity index (χ2n) is 5.11. The maximum Gasteiger partial charge on any atom is 0.223 e. The van der Waals surface area contributed by atoms with Crippen LogP contribution in [0.4, 0.5) is 0 Å². The summed E-state index contributed by atoms with van der Waals surface area (Å²) >= 11 is 0. The number of aromatic nitrogens is 1. The van der Waals surface area contributed by atoms with Crippen molar-refractivity contribution in [3.8, 4) is 0 Å². The Hall–Kier alpha value is -1.42. The molecular formula is C14H21N3O. The molecule has 1 aliphatic carbocycles. The van der Waals surface area contributed by atoms with Crippen molar-refractivity contribution in [2.75, 3.05) is 0 Å². The largest absolute Gasteiger partial charge is 0.350 e. The van der Waals surface area contributed by atoms with Crippen molar-refractivity contribution in [2.24, 2.45) is 11.7 Å². The molecule has 1 aliphatic rings. The Morgan fingerprint density at radius 3 is 3.06 bits per heavy atom. The molecule has 2 unspecified atom stereocenters. The first-order valence-corrected chi connectivity index (χ1v) is 6.61. The molecule has 0 bridgehead atoms. The van der Waals surface area contributed by atoms with Gasteiger partial charge in [0.05, 0.1) is 12.2 Å². The lowest BCUT2D eigenvalue weighted by Crippen LogP contribution is -2.37. The van der Waals surface area contributed by atoms with Gasteiger partial charge in [0, 0.05) is 17.7 Å². The quantitative estimate of drug-likeness (QED) is 0.851. The van der Waals surface area contributed by atoms with Crippen LogP contribution in [0, 0.1) is 12.8 Å². The van der Waals surface area contributed by atoms with Crippen molar-refractivity contribution < 1.29 is 4.79 Å². The van der Waals surface area contributed by atoms with E-state index in [1.807, 2.05) is 25.1 Å². The maximum absolute atomic E-state index is 12.0. The third-order valence-corrected chi connectivity index (χ3v) is 3.48. The van der Waals surface area contributed by atoms with Gasteiger partial charge in [-0.15, -0.1) is 0 Å². The Kier molecular flexibility index (Phi) is 4.31. The van der Waals surface area contributed by atoms with Crippen molar-refractivity contribution in [2.45, 2.75) is 45.2 Å². The lowest BCUT2D eigenvalue weighted by atomic mass is 9.85. The molecule has 0 aliphatic heterocycles. The lowest BCUT2D eigenvalue weighted by Gasteiger charge is -2.25. The van der Waals surface area contributed by atoms with Crippen molar-refractivity contribution in [3.63, 3.8) is 0 Å². The number of nitrogens with two attached hydrogens (primary N) is 1. The summed E-state index contributed by atoms with van der Waals surface area (Å²) in [6.07, 6.45) is 3.87. The molecule has 1 heterocycles. The normalized spacial score (nSPS) is 23.7. The van der Waals surface area contributed by atoms with Gasteiger partial charge < -0.3 is 11.1 Å². The molecule has 4 nitrogen and oxygen atoms in total. The number of pyridine rings is 1. The predicted octanol–water partition coefficient (Wildman–Crippen LogP) is 1.52. The topological polar surface area (TPSA) is 68.0 Å². The molecule has 0 aromatic carbocycles. The SMILES string of the molecule is Cc1cccc(CNC(=O)C2CCCC(N)C2)n1. The van der Waals surface area contributed by atoms with E-state index in [9.17, 15) is 4.79 Å². The summed E-state index contributed by atoms with van der Waals surface area (Å²) in [7, 11) is 0. The van der Waals surface area contributed by atoms with Crippen molar-refractivity contribution in [1.82, 2.24) is 10.3 Å². The van der Waals surface area contributed by atoms with Gasteiger partial charge in [0.1, 0.15) is 0 Å². The van der Waals surface area contributed by atoms with E-state index < -0.39 is 0 Å². The molecule has 1 saturated carbocycles. The minimum absolute atomic E-state index is 0.0820. The van der Waals surface area contributed by atoms with Crippen molar-refractivity contribution in [1.29, 1.82) is 0 Å². The molecule has 1 aromatic rings. The second-order valence-corrected chi connectivity index (χ2v) is 5.11. The van der Waals surface area contributed by atoms with E-state index in [1.54, 1.807) is 0 Å². The zero-order chi connectivity index (χ0) is 13.0. The van der Waals surface area contributed by atoms with E-state index in [2.05, 4.69) is 10.3 Å². The summed E-state index contributed by atoms with van der Waals surface area (Å²) in [5, 5.41) is 2.96. The molecular weight excluding hydrogens is 226 g/mol. The van der Waals surface area contributed by atoms with Crippen LogP contribution in [0.25, 0.3) is 0 Å². The first-order chi connectivity index (χ1) is 8.65. The number of carbonyl (C=O) groups is 1. The molecule has 0 spiro atoms. The number of rotatable bonds is 3. The predicted molar refractivity (Wildman–Crippen MR) is 70.8 cm³/mol. The number of amides is 1. The van der Waals surface area contributed by atoms with Gasteiger partial charge in [-0.2, -0.15) is 0 Å². The Morgan fingerprint density at radius 2 is 2.33 bits per heavy atom. The second kappa shape index (κ2) is 5.96. The number of nitrogens with one attached hydrogen (secondary N) is 1. The van der Waals surface area contributed by atoms with Crippen molar-refractivity contribution >= 4 is 5.91 Å². The van der Waals surface area contributed by atoms with Crippen LogP contribution in [-0.4, -0.2) is 16.9 Å². The van der Waals surface area contributed by atoms with Gasteiger partial charge >= 0.3 is 0 Å². The summed E-state index contributed by atoms with van der Waals surface area (Å²) in [4.78, 5) is 16.4. The third-order valence-electron chi connectivity index (χ3n) is 3.48. The van der Waals surface area contributed by atoms with Gasteiger partial charge in [-0.25, -0.2) is 0 Å². The standard InChI is InChI=1S/C14H21N3O/c1-10-4-2-7-13(17-10)9-16-14(18)11-5-3-6-12(15)8-11/h2,4,7,11-12H,3,5-6,8-9,15H2,1H3,(H,16,18). The van der Waals surface area contributed by atoms with Crippen LogP contribution in [0.5, 0.6) is 0 Å². The number of aryl methyl sites for hydroxylation is 1. The Labute approximate surface area is 108 Å². The first-order valence-electron chi connectivity index (χ1n) is 6.61. The van der Waals surface area contributed by atoms with E-state index in [0.29, 0.717) is 6.54 Å². The fourth-order valence-corrected chi connectivity index (χ4v) is 2.49. The Bertz CT molecular complexity index is 419. The highest BCUT2D eigenvalue weighted by molar-refractivity contribution is 5.78. The fraction of sp³-hybridized carbons (Fsp3) is 0.571. The Balaban J connectivity index is 1.84. The summed E-state index contributed by atoms with van der Waals surface area (Å²) in [5.41, 5.74) is 7.78. The zero-order valence-electron chi connectivity index (χ0n) is 10.9. The summed E-state index contributed by atoms with van der Waals surface area (Å²) in [6, 6.07) is 6.03. The smallest absolute Gasteiger partial charge is 0.223 e. The first kappa shape index (κ1) is 13.0. The summed E-state index contributed by atoms with van der Waals surface area (Å²) in [5.74, 6) is 0.201. The molecule has 0 radical (unpaired) electrons. The van der Waals surface area contributed by atoms with Crippen molar-refractivity contribution in [3.05, 3.63) is 29.6 Å². The average molecular weight is 247 g/mol. The van der Waals surface area contributed by atoms with E-state index in [-0.39, 0.29) is 17.9 Å². The Morgan fingerprint density at radius 1 is 1.50 bits per heavy atom. The van der Waals surface area contributed by atoms with Gasteiger partial charge in [-0.1, -0.05) is 12.5 Å². The van der Waals surface area contributed by atoms with Crippen LogP contribution in [-0.2, 0) is 11.3 Å². The van der Waals surface area contributed by atoms with Gasteiger partial charge in [0.2, 0.25) is 5.91 Å². The molecule has 2 atom stereocenters. The van der Waals surface area contributed by atoms with E-state index in [4.69, 9.17) is 5.73 Å². The molecule has 3 N–H and O–H groups in total. The molecule has 1 fully saturated rings. The van der Waals surface area contributed by atoms with Gasteiger partial charge in [0.15, 0.2) is 0 Å². The molecule has 98 valence electrons. The number of carbonyl (C=O) groups excluding carboxylic acids is 1. The van der Waals surface area contributed by atoms with Crippen LogP contribution >= 0.6 is 0 Å². The van der Waals surface area contributed by atoms with Crippen LogP contribution in [0.15, 0.2) is 18.2 Å². The average Bonchev–Trinajstić information content (AvgIpc) is 2.36. The highest BCUT2D eigenvalue weighted by atomic mass is 16.1. The van der Waals surface area contributed by atoms with Crippen LogP contribution in [0.2, 0.25) is 0 Å². The molecule has 4 heteroatoms. The minimum Gasteiger partial charge on any atom is -0.350 e. The molecule has 1 aromatic heterocycles. The number of hydrogen-bond donors (Lipinski definition) is 2. The third kappa shape index (κ3) is 3.53.